The van der Waals surface area contributed by atoms with Gasteiger partial charge < -0.3 is 9.47 Å². The van der Waals surface area contributed by atoms with Gasteiger partial charge in [0, 0.05) is 20.3 Å². The lowest BCUT2D eigenvalue weighted by Crippen LogP contribution is -2.59. The molecule has 1 heterocycles. The Morgan fingerprint density at radius 1 is 1.14 bits per heavy atom. The number of ether oxygens (including phenoxy) is 2. The summed E-state index contributed by atoms with van der Waals surface area (Å²) in [4.78, 5) is 36.7. The zero-order chi connectivity index (χ0) is 15.8. The van der Waals surface area contributed by atoms with Crippen molar-refractivity contribution in [1.82, 2.24) is 10.2 Å². The molecular weight excluding hydrogens is 276 g/mol. The van der Waals surface area contributed by atoms with E-state index in [1.165, 1.54) is 0 Å². The standard InChI is InChI=1S/C14H24N2O5/c1-10(2)11-12(17)15-14(19)16(13(11)18)6-4-5-7-21-9-8-20-3/h10-11H,4-9H2,1-3H3,(H,15,17,19). The number of amides is 4. The molecule has 0 bridgehead atoms. The smallest absolute Gasteiger partial charge is 0.330 e. The van der Waals surface area contributed by atoms with Gasteiger partial charge >= 0.3 is 6.03 Å². The average Bonchev–Trinajstić information content (AvgIpc) is 2.40. The van der Waals surface area contributed by atoms with Crippen molar-refractivity contribution in [2.24, 2.45) is 11.8 Å². The second-order valence-electron chi connectivity index (χ2n) is 5.32. The Bertz CT molecular complexity index is 384. The predicted molar refractivity (Wildman–Crippen MR) is 75.5 cm³/mol. The first-order valence-electron chi connectivity index (χ1n) is 7.22. The summed E-state index contributed by atoms with van der Waals surface area (Å²) in [6.07, 6.45) is 1.38. The minimum atomic E-state index is -0.777. The van der Waals surface area contributed by atoms with Crippen molar-refractivity contribution in [2.45, 2.75) is 26.7 Å². The van der Waals surface area contributed by atoms with Gasteiger partial charge in [0.25, 0.3) is 0 Å². The van der Waals surface area contributed by atoms with E-state index < -0.39 is 23.8 Å². The summed E-state index contributed by atoms with van der Waals surface area (Å²) in [5, 5.41) is 2.24. The quantitative estimate of drug-likeness (QED) is 0.502. The van der Waals surface area contributed by atoms with Crippen molar-refractivity contribution in [3.63, 3.8) is 0 Å². The molecule has 1 aliphatic heterocycles. The Hall–Kier alpha value is -1.47. The monoisotopic (exact) mass is 300 g/mol. The van der Waals surface area contributed by atoms with E-state index in [1.54, 1.807) is 21.0 Å². The van der Waals surface area contributed by atoms with Gasteiger partial charge in [0.2, 0.25) is 11.8 Å². The lowest BCUT2D eigenvalue weighted by Gasteiger charge is -2.31. The molecule has 0 spiro atoms. The van der Waals surface area contributed by atoms with Crippen molar-refractivity contribution >= 4 is 17.8 Å². The molecule has 1 unspecified atom stereocenters. The highest BCUT2D eigenvalue weighted by molar-refractivity contribution is 6.16. The number of nitrogens with zero attached hydrogens (tertiary/aromatic N) is 1. The summed E-state index contributed by atoms with van der Waals surface area (Å²) in [6.45, 7) is 5.52. The molecule has 0 aromatic rings. The van der Waals surface area contributed by atoms with Gasteiger partial charge in [0.1, 0.15) is 5.92 Å². The molecule has 0 saturated carbocycles. The Morgan fingerprint density at radius 2 is 1.86 bits per heavy atom. The van der Waals surface area contributed by atoms with Gasteiger partial charge in [0.05, 0.1) is 13.2 Å². The van der Waals surface area contributed by atoms with E-state index in [0.717, 1.165) is 11.3 Å². The zero-order valence-corrected chi connectivity index (χ0v) is 12.9. The topological polar surface area (TPSA) is 84.9 Å². The van der Waals surface area contributed by atoms with Crippen molar-refractivity contribution in [2.75, 3.05) is 33.5 Å². The first kappa shape index (κ1) is 17.6. The van der Waals surface area contributed by atoms with Crippen LogP contribution in [0.1, 0.15) is 26.7 Å². The number of carbonyl (C=O) groups is 3. The molecule has 1 saturated heterocycles. The molecule has 0 aliphatic carbocycles. The molecule has 21 heavy (non-hydrogen) atoms. The van der Waals surface area contributed by atoms with Crippen LogP contribution in [0.2, 0.25) is 0 Å². The molecule has 1 aliphatic rings. The van der Waals surface area contributed by atoms with Gasteiger partial charge in [-0.1, -0.05) is 13.8 Å². The molecule has 4 amide bonds. The second kappa shape index (κ2) is 8.74. The third-order valence-electron chi connectivity index (χ3n) is 3.31. The molecule has 0 aromatic carbocycles. The number of imide groups is 2. The molecule has 7 nitrogen and oxygen atoms in total. The van der Waals surface area contributed by atoms with Crippen molar-refractivity contribution in [3.8, 4) is 0 Å². The molecule has 1 atom stereocenters. The van der Waals surface area contributed by atoms with Crippen LogP contribution in [0.3, 0.4) is 0 Å². The fraction of sp³-hybridized carbons (Fsp3) is 0.786. The van der Waals surface area contributed by atoms with E-state index in [-0.39, 0.29) is 5.92 Å². The fourth-order valence-electron chi connectivity index (χ4n) is 2.15. The highest BCUT2D eigenvalue weighted by Crippen LogP contribution is 2.19. The number of barbiturate groups is 1. The van der Waals surface area contributed by atoms with Crippen LogP contribution >= 0.6 is 0 Å². The van der Waals surface area contributed by atoms with Crippen LogP contribution in [-0.2, 0) is 19.1 Å². The number of methoxy groups -OCH3 is 1. The van der Waals surface area contributed by atoms with E-state index >= 15 is 0 Å². The maximum atomic E-state index is 12.2. The summed E-state index contributed by atoms with van der Waals surface area (Å²) in [5.41, 5.74) is 0. The van der Waals surface area contributed by atoms with E-state index in [1.807, 2.05) is 0 Å². The maximum Gasteiger partial charge on any atom is 0.330 e. The minimum Gasteiger partial charge on any atom is -0.382 e. The predicted octanol–water partition coefficient (Wildman–Crippen LogP) is 0.780. The summed E-state index contributed by atoms with van der Waals surface area (Å²) < 4.78 is 10.2. The van der Waals surface area contributed by atoms with Gasteiger partial charge in [-0.25, -0.2) is 4.79 Å². The van der Waals surface area contributed by atoms with Gasteiger partial charge in [-0.2, -0.15) is 0 Å². The Labute approximate surface area is 124 Å². The number of hydrogen-bond acceptors (Lipinski definition) is 5. The lowest BCUT2D eigenvalue weighted by molar-refractivity contribution is -0.144. The molecule has 1 fully saturated rings. The third-order valence-corrected chi connectivity index (χ3v) is 3.31. The minimum absolute atomic E-state index is 0.134. The van der Waals surface area contributed by atoms with Crippen molar-refractivity contribution in [1.29, 1.82) is 0 Å². The normalized spacial score (nSPS) is 19.3. The highest BCUT2D eigenvalue weighted by Gasteiger charge is 2.41. The van der Waals surface area contributed by atoms with E-state index in [0.29, 0.717) is 32.8 Å². The number of rotatable bonds is 9. The maximum absolute atomic E-state index is 12.2. The summed E-state index contributed by atoms with van der Waals surface area (Å²) in [7, 11) is 1.61. The second-order valence-corrected chi connectivity index (χ2v) is 5.32. The number of urea groups is 1. The molecule has 1 N–H and O–H groups in total. The Balaban J connectivity index is 2.37. The average molecular weight is 300 g/mol. The number of hydrogen-bond donors (Lipinski definition) is 1. The summed E-state index contributed by atoms with van der Waals surface area (Å²) in [5.74, 6) is -1.82. The van der Waals surface area contributed by atoms with Crippen LogP contribution in [0, 0.1) is 11.8 Å². The van der Waals surface area contributed by atoms with E-state index in [9.17, 15) is 14.4 Å². The first-order valence-corrected chi connectivity index (χ1v) is 7.22. The van der Waals surface area contributed by atoms with Gasteiger partial charge in [-0.3, -0.25) is 19.8 Å². The van der Waals surface area contributed by atoms with Crippen LogP contribution in [0.4, 0.5) is 4.79 Å². The van der Waals surface area contributed by atoms with Crippen LogP contribution in [0.25, 0.3) is 0 Å². The van der Waals surface area contributed by atoms with Gasteiger partial charge in [-0.15, -0.1) is 0 Å². The zero-order valence-electron chi connectivity index (χ0n) is 12.9. The Kier molecular flexibility index (Phi) is 7.31. The highest BCUT2D eigenvalue weighted by atomic mass is 16.5. The summed E-state index contributed by atoms with van der Waals surface area (Å²) in [6, 6.07) is -0.623. The van der Waals surface area contributed by atoms with Crippen LogP contribution in [0.15, 0.2) is 0 Å². The number of carbonyl (C=O) groups excluding carboxylic acids is 3. The summed E-state index contributed by atoms with van der Waals surface area (Å²) >= 11 is 0. The Morgan fingerprint density at radius 3 is 2.48 bits per heavy atom. The molecule has 120 valence electrons. The molecular formula is C14H24N2O5. The fourth-order valence-corrected chi connectivity index (χ4v) is 2.15. The van der Waals surface area contributed by atoms with Gasteiger partial charge in [0.15, 0.2) is 0 Å². The van der Waals surface area contributed by atoms with Crippen LogP contribution in [-0.4, -0.2) is 56.2 Å². The molecule has 0 aromatic heterocycles. The van der Waals surface area contributed by atoms with Crippen LogP contribution in [0.5, 0.6) is 0 Å². The van der Waals surface area contributed by atoms with Gasteiger partial charge in [-0.05, 0) is 18.8 Å². The number of unbranched alkanes of at least 4 members (excludes halogenated alkanes) is 1. The molecule has 7 heteroatoms. The largest absolute Gasteiger partial charge is 0.382 e. The third kappa shape index (κ3) is 5.09. The lowest BCUT2D eigenvalue weighted by atomic mass is 9.92. The van der Waals surface area contributed by atoms with E-state index in [2.05, 4.69) is 5.32 Å². The van der Waals surface area contributed by atoms with E-state index in [4.69, 9.17) is 9.47 Å². The van der Waals surface area contributed by atoms with Crippen molar-refractivity contribution in [3.05, 3.63) is 0 Å². The van der Waals surface area contributed by atoms with Crippen LogP contribution < -0.4 is 5.32 Å². The molecule has 0 radical (unpaired) electrons. The first-order chi connectivity index (χ1) is 9.99. The molecule has 1 rings (SSSR count). The SMILES string of the molecule is COCCOCCCCN1C(=O)NC(=O)C(C(C)C)C1=O. The van der Waals surface area contributed by atoms with Crippen molar-refractivity contribution < 1.29 is 23.9 Å². The number of nitrogens with one attached hydrogen (secondary N) is 1.